The van der Waals surface area contributed by atoms with Crippen LogP contribution >= 0.6 is 11.3 Å². The van der Waals surface area contributed by atoms with Gasteiger partial charge in [0.05, 0.1) is 19.6 Å². The van der Waals surface area contributed by atoms with E-state index in [1.54, 1.807) is 42.5 Å². The summed E-state index contributed by atoms with van der Waals surface area (Å²) in [6.07, 6.45) is 1.82. The van der Waals surface area contributed by atoms with Crippen LogP contribution in [0.4, 0.5) is 5.82 Å². The molecule has 0 aliphatic carbocycles. The summed E-state index contributed by atoms with van der Waals surface area (Å²) in [5.74, 6) is 6.11. The number of anilines is 1. The Morgan fingerprint density at radius 2 is 2.06 bits per heavy atom. The first-order chi connectivity index (χ1) is 17.0. The van der Waals surface area contributed by atoms with E-state index in [0.29, 0.717) is 30.0 Å². The lowest BCUT2D eigenvalue weighted by Gasteiger charge is -2.33. The number of benzene rings is 1. The molecule has 3 N–H and O–H groups in total. The molecule has 0 unspecified atom stereocenters. The summed E-state index contributed by atoms with van der Waals surface area (Å²) in [5.41, 5.74) is 6.48. The van der Waals surface area contributed by atoms with Crippen molar-refractivity contribution in [3.8, 4) is 11.8 Å². The van der Waals surface area contributed by atoms with Gasteiger partial charge < -0.3 is 16.0 Å². The number of nitrogens with one attached hydrogen (secondary N) is 1. The number of amides is 1. The van der Waals surface area contributed by atoms with E-state index in [4.69, 9.17) is 5.73 Å². The number of rotatable bonds is 7. The molecule has 1 atom stereocenters. The van der Waals surface area contributed by atoms with E-state index in [9.17, 15) is 14.4 Å². The predicted octanol–water partition coefficient (Wildman–Crippen LogP) is 2.00. The molecule has 3 aromatic rings. The summed E-state index contributed by atoms with van der Waals surface area (Å²) in [5, 5.41) is 4.86. The summed E-state index contributed by atoms with van der Waals surface area (Å²) < 4.78 is 2.72. The molecule has 3 heterocycles. The second-order valence-electron chi connectivity index (χ2n) is 8.53. The third-order valence-corrected chi connectivity index (χ3v) is 6.86. The normalized spacial score (nSPS) is 15.4. The largest absolute Gasteiger partial charge is 0.356 e. The van der Waals surface area contributed by atoms with Crippen LogP contribution in [-0.2, 0) is 19.6 Å². The van der Waals surface area contributed by atoms with Crippen LogP contribution in [-0.4, -0.2) is 34.2 Å². The van der Waals surface area contributed by atoms with Gasteiger partial charge in [0.25, 0.3) is 11.5 Å². The summed E-state index contributed by atoms with van der Waals surface area (Å²) in [7, 11) is 0. The highest BCUT2D eigenvalue weighted by Gasteiger charge is 2.22. The Labute approximate surface area is 208 Å². The lowest BCUT2D eigenvalue weighted by atomic mass is 10.1. The van der Waals surface area contributed by atoms with Crippen molar-refractivity contribution in [3.63, 3.8) is 0 Å². The van der Waals surface area contributed by atoms with E-state index in [1.165, 1.54) is 15.2 Å². The minimum absolute atomic E-state index is 0.000644. The molecule has 8 nitrogen and oxygen atoms in total. The molecule has 1 fully saturated rings. The quantitative estimate of drug-likeness (QED) is 0.492. The van der Waals surface area contributed by atoms with Crippen LogP contribution in [0.25, 0.3) is 0 Å². The van der Waals surface area contributed by atoms with Gasteiger partial charge in [0, 0.05) is 35.6 Å². The van der Waals surface area contributed by atoms with Gasteiger partial charge in [-0.15, -0.1) is 17.3 Å². The van der Waals surface area contributed by atoms with Gasteiger partial charge in [0.1, 0.15) is 5.82 Å². The number of piperidine rings is 1. The fourth-order valence-corrected chi connectivity index (χ4v) is 4.86. The maximum absolute atomic E-state index is 13.4. The molecule has 0 saturated carbocycles. The first kappa shape index (κ1) is 24.5. The highest BCUT2D eigenvalue weighted by atomic mass is 32.1. The third kappa shape index (κ3) is 5.91. The zero-order valence-corrected chi connectivity index (χ0v) is 20.5. The van der Waals surface area contributed by atoms with E-state index < -0.39 is 11.2 Å². The number of nitrogens with two attached hydrogens (primary N) is 1. The summed E-state index contributed by atoms with van der Waals surface area (Å²) in [6, 6.07) is 12.4. The monoisotopic (exact) mass is 491 g/mol. The average Bonchev–Trinajstić information content (AvgIpc) is 3.38. The Balaban J connectivity index is 1.60. The predicted molar refractivity (Wildman–Crippen MR) is 139 cm³/mol. The van der Waals surface area contributed by atoms with Gasteiger partial charge in [-0.05, 0) is 48.9 Å². The lowest BCUT2D eigenvalue weighted by molar-refractivity contribution is 0.0951. The van der Waals surface area contributed by atoms with E-state index in [0.717, 1.165) is 24.3 Å². The van der Waals surface area contributed by atoms with E-state index in [2.05, 4.69) is 17.2 Å². The van der Waals surface area contributed by atoms with Crippen molar-refractivity contribution in [1.29, 1.82) is 0 Å². The maximum atomic E-state index is 13.4. The van der Waals surface area contributed by atoms with Gasteiger partial charge in [-0.25, -0.2) is 4.79 Å². The molecule has 9 heteroatoms. The highest BCUT2D eigenvalue weighted by Crippen LogP contribution is 2.17. The van der Waals surface area contributed by atoms with Crippen LogP contribution in [0.5, 0.6) is 0 Å². The number of hydrogen-bond donors (Lipinski definition) is 2. The number of hydrogen-bond acceptors (Lipinski definition) is 6. The molecule has 1 amide bonds. The standard InChI is InChI=1S/C26H29N5O3S/c1-2-3-12-30-23(29-11-5-9-21(27)18-29)15-24(32)31(26(30)34)17-19-7-4-8-20(14-19)25(33)28-16-22-10-6-13-35-22/h4,6-8,10,13-15,21H,5,9,11-12,16-18,27H2,1H3,(H,28,33)/t21-/m1/s1. The van der Waals surface area contributed by atoms with Gasteiger partial charge >= 0.3 is 5.69 Å². The maximum Gasteiger partial charge on any atom is 0.333 e. The van der Waals surface area contributed by atoms with Gasteiger partial charge in [-0.1, -0.05) is 24.1 Å². The van der Waals surface area contributed by atoms with Crippen LogP contribution in [0.1, 0.15) is 40.6 Å². The molecule has 1 aromatic carbocycles. The molecule has 182 valence electrons. The van der Waals surface area contributed by atoms with Gasteiger partial charge in [-0.3, -0.25) is 18.7 Å². The van der Waals surface area contributed by atoms with Crippen molar-refractivity contribution in [2.75, 3.05) is 18.0 Å². The first-order valence-electron chi connectivity index (χ1n) is 11.6. The van der Waals surface area contributed by atoms with Crippen molar-refractivity contribution in [3.05, 3.63) is 84.7 Å². The number of thiophene rings is 1. The molecular weight excluding hydrogens is 462 g/mol. The first-order valence-corrected chi connectivity index (χ1v) is 12.5. The van der Waals surface area contributed by atoms with Crippen molar-refractivity contribution < 1.29 is 4.79 Å². The second kappa shape index (κ2) is 11.2. The molecule has 0 radical (unpaired) electrons. The number of carbonyl (C=O) groups excluding carboxylic acids is 1. The lowest BCUT2D eigenvalue weighted by Crippen LogP contribution is -2.48. The fourth-order valence-electron chi connectivity index (χ4n) is 4.21. The Kier molecular flexibility index (Phi) is 7.85. The Hall–Kier alpha value is -3.61. The highest BCUT2D eigenvalue weighted by molar-refractivity contribution is 7.09. The van der Waals surface area contributed by atoms with E-state index in [1.807, 2.05) is 22.4 Å². The minimum Gasteiger partial charge on any atom is -0.356 e. The SMILES string of the molecule is CC#CCn1c(N2CCC[C@@H](N)C2)cc(=O)n(Cc2cccc(C(=O)NCc3cccs3)c2)c1=O. The van der Waals surface area contributed by atoms with Crippen molar-refractivity contribution in [2.45, 2.75) is 45.4 Å². The van der Waals surface area contributed by atoms with Crippen LogP contribution in [0.3, 0.4) is 0 Å². The van der Waals surface area contributed by atoms with Crippen LogP contribution in [0.15, 0.2) is 57.4 Å². The number of aromatic nitrogens is 2. The Morgan fingerprint density at radius 1 is 1.20 bits per heavy atom. The average molecular weight is 492 g/mol. The zero-order chi connectivity index (χ0) is 24.8. The zero-order valence-electron chi connectivity index (χ0n) is 19.7. The summed E-state index contributed by atoms with van der Waals surface area (Å²) in [4.78, 5) is 42.1. The topological polar surface area (TPSA) is 102 Å². The van der Waals surface area contributed by atoms with Gasteiger partial charge in [-0.2, -0.15) is 0 Å². The van der Waals surface area contributed by atoms with Crippen LogP contribution in [0.2, 0.25) is 0 Å². The van der Waals surface area contributed by atoms with Crippen LogP contribution < -0.4 is 27.2 Å². The molecule has 1 aliphatic heterocycles. The van der Waals surface area contributed by atoms with Crippen molar-refractivity contribution in [1.82, 2.24) is 14.5 Å². The van der Waals surface area contributed by atoms with Gasteiger partial charge in [0.2, 0.25) is 0 Å². The molecule has 2 aromatic heterocycles. The summed E-state index contributed by atoms with van der Waals surface area (Å²) in [6.45, 7) is 3.73. The fraction of sp³-hybridized carbons (Fsp3) is 0.346. The Bertz CT molecular complexity index is 1360. The van der Waals surface area contributed by atoms with Crippen molar-refractivity contribution >= 4 is 23.1 Å². The molecule has 0 spiro atoms. The molecule has 1 saturated heterocycles. The summed E-state index contributed by atoms with van der Waals surface area (Å²) >= 11 is 1.58. The number of nitrogens with zero attached hydrogens (tertiary/aromatic N) is 3. The van der Waals surface area contributed by atoms with E-state index in [-0.39, 0.29) is 25.0 Å². The number of carbonyl (C=O) groups is 1. The molecule has 4 rings (SSSR count). The molecular formula is C26H29N5O3S. The minimum atomic E-state index is -0.429. The smallest absolute Gasteiger partial charge is 0.333 e. The molecule has 0 bridgehead atoms. The molecule has 35 heavy (non-hydrogen) atoms. The van der Waals surface area contributed by atoms with Crippen LogP contribution in [0, 0.1) is 11.8 Å². The third-order valence-electron chi connectivity index (χ3n) is 5.99. The molecule has 1 aliphatic rings. The van der Waals surface area contributed by atoms with E-state index >= 15 is 0 Å². The van der Waals surface area contributed by atoms with Crippen molar-refractivity contribution in [2.24, 2.45) is 5.73 Å². The van der Waals surface area contributed by atoms with Gasteiger partial charge in [0.15, 0.2) is 0 Å². The Morgan fingerprint density at radius 3 is 2.80 bits per heavy atom. The second-order valence-corrected chi connectivity index (χ2v) is 9.57.